The molecular formula is C21H21NO3. The Morgan fingerprint density at radius 2 is 1.40 bits per heavy atom. The van der Waals surface area contributed by atoms with Gasteiger partial charge in [0, 0.05) is 22.6 Å². The highest BCUT2D eigenvalue weighted by Crippen LogP contribution is 2.20. The van der Waals surface area contributed by atoms with Gasteiger partial charge in [-0.05, 0) is 23.8 Å². The second kappa shape index (κ2) is 7.71. The third-order valence-corrected chi connectivity index (χ3v) is 3.55. The van der Waals surface area contributed by atoms with Gasteiger partial charge < -0.3 is 0 Å². The van der Waals surface area contributed by atoms with Crippen LogP contribution < -0.4 is 5.32 Å². The van der Waals surface area contributed by atoms with Crippen LogP contribution in [0, 0.1) is 5.41 Å². The number of ketones is 1. The van der Waals surface area contributed by atoms with Crippen molar-refractivity contribution in [3.8, 4) is 0 Å². The zero-order chi connectivity index (χ0) is 18.4. The fraction of sp³-hybridized carbons (Fsp3) is 0.190. The predicted octanol–water partition coefficient (Wildman–Crippen LogP) is 3.89. The first-order valence-corrected chi connectivity index (χ1v) is 8.01. The molecule has 0 aliphatic heterocycles. The molecular weight excluding hydrogens is 314 g/mol. The Morgan fingerprint density at radius 3 is 1.96 bits per heavy atom. The first kappa shape index (κ1) is 18.3. The molecule has 0 radical (unpaired) electrons. The summed E-state index contributed by atoms with van der Waals surface area (Å²) in [4.78, 5) is 36.1. The molecule has 0 heterocycles. The molecule has 2 rings (SSSR count). The van der Waals surface area contributed by atoms with Gasteiger partial charge in [0.2, 0.25) is 0 Å². The molecule has 0 spiro atoms. The molecule has 2 aromatic rings. The van der Waals surface area contributed by atoms with E-state index in [1.165, 1.54) is 6.08 Å². The van der Waals surface area contributed by atoms with Gasteiger partial charge in [0.25, 0.3) is 11.8 Å². The first-order valence-electron chi connectivity index (χ1n) is 8.01. The van der Waals surface area contributed by atoms with Crippen LogP contribution in [-0.4, -0.2) is 17.6 Å². The summed E-state index contributed by atoms with van der Waals surface area (Å²) in [5.74, 6) is -0.998. The third-order valence-electron chi connectivity index (χ3n) is 3.55. The molecule has 0 fully saturated rings. The maximum absolute atomic E-state index is 12.2. The lowest BCUT2D eigenvalue weighted by molar-refractivity contribution is -0.115. The third kappa shape index (κ3) is 5.24. The largest absolute Gasteiger partial charge is 0.294 e. The van der Waals surface area contributed by atoms with Crippen LogP contribution in [0.1, 0.15) is 47.1 Å². The zero-order valence-corrected chi connectivity index (χ0v) is 14.6. The topological polar surface area (TPSA) is 63.2 Å². The highest BCUT2D eigenvalue weighted by Gasteiger charge is 2.22. The van der Waals surface area contributed by atoms with E-state index in [4.69, 9.17) is 0 Å². The Hall–Kier alpha value is -3.01. The second-order valence-electron chi connectivity index (χ2n) is 6.72. The van der Waals surface area contributed by atoms with E-state index in [-0.39, 0.29) is 5.78 Å². The molecule has 2 aromatic carbocycles. The first-order chi connectivity index (χ1) is 11.8. The Morgan fingerprint density at radius 1 is 0.840 bits per heavy atom. The van der Waals surface area contributed by atoms with Gasteiger partial charge in [-0.25, -0.2) is 0 Å². The van der Waals surface area contributed by atoms with Crippen LogP contribution in [-0.2, 0) is 4.79 Å². The van der Waals surface area contributed by atoms with Crippen molar-refractivity contribution >= 4 is 23.7 Å². The van der Waals surface area contributed by atoms with Gasteiger partial charge in [-0.3, -0.25) is 19.7 Å². The molecule has 0 aliphatic rings. The van der Waals surface area contributed by atoms with Crippen molar-refractivity contribution in [1.82, 2.24) is 5.32 Å². The number of imide groups is 1. The van der Waals surface area contributed by atoms with Crippen LogP contribution in [0.4, 0.5) is 0 Å². The molecule has 128 valence electrons. The Labute approximate surface area is 147 Å². The Bertz CT molecular complexity index is 797. The maximum Gasteiger partial charge on any atom is 0.258 e. The highest BCUT2D eigenvalue weighted by molar-refractivity contribution is 6.09. The summed E-state index contributed by atoms with van der Waals surface area (Å²) < 4.78 is 0. The van der Waals surface area contributed by atoms with Crippen LogP contribution in [0.15, 0.2) is 60.7 Å². The van der Waals surface area contributed by atoms with Crippen LogP contribution in [0.25, 0.3) is 6.08 Å². The minimum atomic E-state index is -0.502. The van der Waals surface area contributed by atoms with Crippen molar-refractivity contribution in [2.45, 2.75) is 20.8 Å². The molecule has 0 saturated heterocycles. The average Bonchev–Trinajstić information content (AvgIpc) is 2.59. The van der Waals surface area contributed by atoms with E-state index in [1.54, 1.807) is 30.3 Å². The van der Waals surface area contributed by atoms with E-state index >= 15 is 0 Å². The van der Waals surface area contributed by atoms with Crippen molar-refractivity contribution in [2.24, 2.45) is 5.41 Å². The molecule has 1 N–H and O–H groups in total. The minimum absolute atomic E-state index is 0.00123. The fourth-order valence-electron chi connectivity index (χ4n) is 2.17. The average molecular weight is 335 g/mol. The smallest absolute Gasteiger partial charge is 0.258 e. The number of benzene rings is 2. The Kier molecular flexibility index (Phi) is 5.65. The lowest BCUT2D eigenvalue weighted by Gasteiger charge is -2.16. The lowest BCUT2D eigenvalue weighted by Crippen LogP contribution is -2.28. The van der Waals surface area contributed by atoms with Crippen LogP contribution >= 0.6 is 0 Å². The Balaban J connectivity index is 2.00. The zero-order valence-electron chi connectivity index (χ0n) is 14.6. The number of carbonyl (C=O) groups excluding carboxylic acids is 3. The number of hydrogen-bond donors (Lipinski definition) is 1. The van der Waals surface area contributed by atoms with Gasteiger partial charge >= 0.3 is 0 Å². The number of amides is 2. The van der Waals surface area contributed by atoms with Crippen molar-refractivity contribution in [3.63, 3.8) is 0 Å². The molecule has 4 heteroatoms. The van der Waals surface area contributed by atoms with Gasteiger partial charge in [-0.15, -0.1) is 0 Å². The number of nitrogens with one attached hydrogen (secondary N) is 1. The van der Waals surface area contributed by atoms with Crippen LogP contribution in [0.3, 0.4) is 0 Å². The molecule has 0 unspecified atom stereocenters. The van der Waals surface area contributed by atoms with E-state index in [0.29, 0.717) is 11.1 Å². The SMILES string of the molecule is CC(C)(C)C(=O)c1ccc(C(=O)NC(=O)/C=C/c2ccccc2)cc1. The van der Waals surface area contributed by atoms with Gasteiger partial charge in [0.1, 0.15) is 0 Å². The van der Waals surface area contributed by atoms with Gasteiger partial charge in [-0.2, -0.15) is 0 Å². The van der Waals surface area contributed by atoms with Crippen molar-refractivity contribution in [1.29, 1.82) is 0 Å². The minimum Gasteiger partial charge on any atom is -0.294 e. The van der Waals surface area contributed by atoms with Crippen molar-refractivity contribution < 1.29 is 14.4 Å². The summed E-state index contributed by atoms with van der Waals surface area (Å²) in [6.45, 7) is 5.52. The van der Waals surface area contributed by atoms with Crippen molar-refractivity contribution in [3.05, 3.63) is 77.4 Å². The van der Waals surface area contributed by atoms with E-state index < -0.39 is 17.2 Å². The summed E-state index contributed by atoms with van der Waals surface area (Å²) in [5, 5.41) is 2.30. The molecule has 4 nitrogen and oxygen atoms in total. The fourth-order valence-corrected chi connectivity index (χ4v) is 2.17. The highest BCUT2D eigenvalue weighted by atomic mass is 16.2. The summed E-state index contributed by atoms with van der Waals surface area (Å²) in [6, 6.07) is 15.6. The van der Waals surface area contributed by atoms with E-state index in [1.807, 2.05) is 51.1 Å². The van der Waals surface area contributed by atoms with Gasteiger partial charge in [0.15, 0.2) is 5.78 Å². The lowest BCUT2D eigenvalue weighted by atomic mass is 9.86. The van der Waals surface area contributed by atoms with E-state index in [2.05, 4.69) is 5.32 Å². The molecule has 25 heavy (non-hydrogen) atoms. The van der Waals surface area contributed by atoms with Gasteiger partial charge in [-0.1, -0.05) is 63.2 Å². The van der Waals surface area contributed by atoms with E-state index in [9.17, 15) is 14.4 Å². The quantitative estimate of drug-likeness (QED) is 0.681. The van der Waals surface area contributed by atoms with Crippen molar-refractivity contribution in [2.75, 3.05) is 0 Å². The van der Waals surface area contributed by atoms with E-state index in [0.717, 1.165) is 5.56 Å². The monoisotopic (exact) mass is 335 g/mol. The summed E-state index contributed by atoms with van der Waals surface area (Å²) >= 11 is 0. The number of rotatable bonds is 4. The maximum atomic E-state index is 12.2. The molecule has 0 saturated carbocycles. The molecule has 0 aromatic heterocycles. The standard InChI is InChI=1S/C21H21NO3/c1-21(2,3)19(24)16-10-12-17(13-11-16)20(25)22-18(23)14-9-15-7-5-4-6-8-15/h4-14H,1-3H3,(H,22,23,25)/b14-9+. The van der Waals surface area contributed by atoms with Crippen LogP contribution in [0.5, 0.6) is 0 Å². The number of hydrogen-bond acceptors (Lipinski definition) is 3. The molecule has 0 atom stereocenters. The summed E-state index contributed by atoms with van der Waals surface area (Å²) in [5.41, 5.74) is 1.25. The summed E-state index contributed by atoms with van der Waals surface area (Å²) in [6.07, 6.45) is 2.94. The van der Waals surface area contributed by atoms with Gasteiger partial charge in [0.05, 0.1) is 0 Å². The van der Waals surface area contributed by atoms with Crippen LogP contribution in [0.2, 0.25) is 0 Å². The molecule has 0 bridgehead atoms. The molecule has 0 aliphatic carbocycles. The predicted molar refractivity (Wildman–Crippen MR) is 98.2 cm³/mol. The number of Topliss-reactive ketones (excluding diaryl/α,β-unsaturated/α-hetero) is 1. The second-order valence-corrected chi connectivity index (χ2v) is 6.72. The molecule has 2 amide bonds. The number of carbonyl (C=O) groups is 3. The summed E-state index contributed by atoms with van der Waals surface area (Å²) in [7, 11) is 0. The normalized spacial score (nSPS) is 11.3.